The molecule has 0 saturated heterocycles. The molecule has 0 aliphatic carbocycles. The Kier molecular flexibility index (Phi) is 56.8. The number of rotatable bonds is 55. The third-order valence-electron chi connectivity index (χ3n) is 13.2. The Labute approximate surface area is 440 Å². The number of carbonyl (C=O) groups is 3. The van der Waals surface area contributed by atoms with Crippen molar-refractivity contribution in [3.8, 4) is 0 Å². The molecule has 0 fully saturated rings. The molecule has 0 spiro atoms. The van der Waals surface area contributed by atoms with Gasteiger partial charge < -0.3 is 14.2 Å². The van der Waals surface area contributed by atoms with E-state index < -0.39 is 6.10 Å². The van der Waals surface area contributed by atoms with E-state index in [2.05, 4.69) is 93.7 Å². The monoisotopic (exact) mass is 991 g/mol. The van der Waals surface area contributed by atoms with Crippen LogP contribution in [0.1, 0.15) is 303 Å². The zero-order valence-corrected chi connectivity index (χ0v) is 47.0. The van der Waals surface area contributed by atoms with E-state index in [1.165, 1.54) is 186 Å². The molecular formula is C65H114O6. The fraction of sp³-hybridized carbons (Fsp3) is 0.769. The molecule has 0 aliphatic rings. The second kappa shape index (κ2) is 59.4. The maximum absolute atomic E-state index is 12.9. The van der Waals surface area contributed by atoms with Crippen LogP contribution in [0.5, 0.6) is 0 Å². The number of esters is 3. The van der Waals surface area contributed by atoms with Gasteiger partial charge in [-0.15, -0.1) is 0 Å². The predicted octanol–water partition coefficient (Wildman–Crippen LogP) is 20.5. The van der Waals surface area contributed by atoms with Crippen LogP contribution in [-0.2, 0) is 28.6 Å². The summed E-state index contributed by atoms with van der Waals surface area (Å²) in [6, 6.07) is 0. The fourth-order valence-electron chi connectivity index (χ4n) is 8.58. The molecule has 1 atom stereocenters. The summed E-state index contributed by atoms with van der Waals surface area (Å²) in [4.78, 5) is 38.2. The van der Waals surface area contributed by atoms with Crippen molar-refractivity contribution in [3.05, 3.63) is 72.9 Å². The van der Waals surface area contributed by atoms with Crippen molar-refractivity contribution in [3.63, 3.8) is 0 Å². The minimum atomic E-state index is -0.798. The number of ether oxygens (including phenoxy) is 3. The van der Waals surface area contributed by atoms with Crippen molar-refractivity contribution in [2.24, 2.45) is 0 Å². The molecule has 0 radical (unpaired) electrons. The summed E-state index contributed by atoms with van der Waals surface area (Å²) in [6.07, 6.45) is 76.1. The Morgan fingerprint density at radius 1 is 0.282 bits per heavy atom. The molecule has 6 heteroatoms. The molecule has 410 valence electrons. The van der Waals surface area contributed by atoms with E-state index in [1.807, 2.05) is 0 Å². The summed E-state index contributed by atoms with van der Waals surface area (Å²) in [5, 5.41) is 0. The van der Waals surface area contributed by atoms with Crippen molar-refractivity contribution in [1.82, 2.24) is 0 Å². The van der Waals surface area contributed by atoms with Gasteiger partial charge in [0.2, 0.25) is 0 Å². The Hall–Kier alpha value is -3.15. The van der Waals surface area contributed by atoms with Crippen LogP contribution in [0.15, 0.2) is 72.9 Å². The Morgan fingerprint density at radius 3 is 0.873 bits per heavy atom. The van der Waals surface area contributed by atoms with Gasteiger partial charge in [-0.3, -0.25) is 14.4 Å². The first-order valence-corrected chi connectivity index (χ1v) is 30.4. The van der Waals surface area contributed by atoms with Gasteiger partial charge in [-0.25, -0.2) is 0 Å². The van der Waals surface area contributed by atoms with Crippen molar-refractivity contribution in [1.29, 1.82) is 0 Å². The molecule has 0 unspecified atom stereocenters. The van der Waals surface area contributed by atoms with Gasteiger partial charge in [-0.2, -0.15) is 0 Å². The normalized spacial score (nSPS) is 12.5. The quantitative estimate of drug-likeness (QED) is 0.0261. The minimum Gasteiger partial charge on any atom is -0.462 e. The summed E-state index contributed by atoms with van der Waals surface area (Å²) >= 11 is 0. The van der Waals surface area contributed by atoms with Gasteiger partial charge >= 0.3 is 17.9 Å². The molecule has 71 heavy (non-hydrogen) atoms. The van der Waals surface area contributed by atoms with Gasteiger partial charge in [-0.05, 0) is 89.9 Å². The molecule has 0 aromatic carbocycles. The van der Waals surface area contributed by atoms with Gasteiger partial charge in [0.05, 0.1) is 0 Å². The maximum Gasteiger partial charge on any atom is 0.306 e. The highest BCUT2D eigenvalue weighted by molar-refractivity contribution is 5.71. The fourth-order valence-corrected chi connectivity index (χ4v) is 8.58. The molecule has 0 amide bonds. The summed E-state index contributed by atoms with van der Waals surface area (Å²) in [6.45, 7) is 6.57. The Balaban J connectivity index is 4.44. The zero-order chi connectivity index (χ0) is 51.4. The molecule has 0 rings (SSSR count). The van der Waals surface area contributed by atoms with E-state index in [0.717, 1.165) is 70.6 Å². The summed E-state index contributed by atoms with van der Waals surface area (Å²) < 4.78 is 16.9. The van der Waals surface area contributed by atoms with Crippen molar-refractivity contribution in [2.45, 2.75) is 309 Å². The van der Waals surface area contributed by atoms with Crippen LogP contribution in [0.3, 0.4) is 0 Å². The molecule has 0 N–H and O–H groups in total. The van der Waals surface area contributed by atoms with Gasteiger partial charge in [-0.1, -0.05) is 267 Å². The van der Waals surface area contributed by atoms with Crippen LogP contribution in [0.4, 0.5) is 0 Å². The average molecular weight is 992 g/mol. The second-order valence-electron chi connectivity index (χ2n) is 20.3. The third-order valence-corrected chi connectivity index (χ3v) is 13.2. The van der Waals surface area contributed by atoms with Crippen molar-refractivity contribution < 1.29 is 28.6 Å². The van der Waals surface area contributed by atoms with Crippen molar-refractivity contribution >= 4 is 17.9 Å². The standard InChI is InChI=1S/C65H114O6/c1-4-7-10-13-16-19-22-25-28-31-32-35-37-40-43-46-49-52-55-58-64(67)70-61-62(71-65(68)59-56-53-50-47-44-41-38-34-30-27-24-21-18-15-12-9-6-3)60-69-63(66)57-54-51-48-45-42-39-36-33-29-26-23-20-17-14-11-8-5-2/h16-17,19-20,25-26,28-29,36,39,45,48,62H,4-15,18,21-24,27,30-35,37-38,40-44,46-47,49-61H2,1-3H3/b19-16-,20-17-,28-25-,29-26-,39-36-,48-45-/t62-/m0/s1. The second-order valence-corrected chi connectivity index (χ2v) is 20.3. The molecule has 6 nitrogen and oxygen atoms in total. The highest BCUT2D eigenvalue weighted by atomic mass is 16.6. The first-order chi connectivity index (χ1) is 35.0. The highest BCUT2D eigenvalue weighted by Gasteiger charge is 2.19. The van der Waals surface area contributed by atoms with Gasteiger partial charge in [0.1, 0.15) is 13.2 Å². The number of hydrogen-bond donors (Lipinski definition) is 0. The first-order valence-electron chi connectivity index (χ1n) is 30.4. The molecule has 0 aromatic rings. The Morgan fingerprint density at radius 2 is 0.521 bits per heavy atom. The van der Waals surface area contributed by atoms with Crippen LogP contribution in [0.2, 0.25) is 0 Å². The van der Waals surface area contributed by atoms with Crippen LogP contribution < -0.4 is 0 Å². The average Bonchev–Trinajstić information content (AvgIpc) is 3.37. The molecule has 0 bridgehead atoms. The van der Waals surface area contributed by atoms with Gasteiger partial charge in [0.15, 0.2) is 6.10 Å². The predicted molar refractivity (Wildman–Crippen MR) is 307 cm³/mol. The van der Waals surface area contributed by atoms with Gasteiger partial charge in [0, 0.05) is 19.3 Å². The van der Waals surface area contributed by atoms with E-state index in [-0.39, 0.29) is 37.5 Å². The van der Waals surface area contributed by atoms with Gasteiger partial charge in [0.25, 0.3) is 0 Å². The SMILES string of the molecule is CCCCC/C=C\C/C=C\C/C=C\C/C=C\CCCC(=O)OC[C@@H](COC(=O)CCCCCCCCCCC/C=C\C/C=C\CCCCC)OC(=O)CCCCCCCCCCCCCCCCCCC. The highest BCUT2D eigenvalue weighted by Crippen LogP contribution is 2.16. The zero-order valence-electron chi connectivity index (χ0n) is 47.0. The van der Waals surface area contributed by atoms with Crippen LogP contribution in [0, 0.1) is 0 Å². The van der Waals surface area contributed by atoms with E-state index in [0.29, 0.717) is 19.3 Å². The lowest BCUT2D eigenvalue weighted by Crippen LogP contribution is -2.30. The lowest BCUT2D eigenvalue weighted by atomic mass is 10.0. The maximum atomic E-state index is 12.9. The third kappa shape index (κ3) is 57.6. The summed E-state index contributed by atoms with van der Waals surface area (Å²) in [7, 11) is 0. The van der Waals surface area contributed by atoms with E-state index >= 15 is 0 Å². The first kappa shape index (κ1) is 67.8. The number of hydrogen-bond acceptors (Lipinski definition) is 6. The molecule has 0 heterocycles. The molecule has 0 aromatic heterocycles. The topological polar surface area (TPSA) is 78.9 Å². The van der Waals surface area contributed by atoms with E-state index in [4.69, 9.17) is 14.2 Å². The Bertz CT molecular complexity index is 1320. The lowest BCUT2D eigenvalue weighted by Gasteiger charge is -2.18. The van der Waals surface area contributed by atoms with Crippen LogP contribution in [0.25, 0.3) is 0 Å². The largest absolute Gasteiger partial charge is 0.462 e. The van der Waals surface area contributed by atoms with Crippen LogP contribution in [-0.4, -0.2) is 37.2 Å². The summed E-state index contributed by atoms with van der Waals surface area (Å²) in [5.41, 5.74) is 0. The van der Waals surface area contributed by atoms with Crippen molar-refractivity contribution in [2.75, 3.05) is 13.2 Å². The molecular weight excluding hydrogens is 877 g/mol. The minimum absolute atomic E-state index is 0.0922. The van der Waals surface area contributed by atoms with E-state index in [1.54, 1.807) is 0 Å². The van der Waals surface area contributed by atoms with Crippen LogP contribution >= 0.6 is 0 Å². The van der Waals surface area contributed by atoms with E-state index in [9.17, 15) is 14.4 Å². The number of unbranched alkanes of at least 4 members (excludes halogenated alkanes) is 32. The molecule has 0 saturated carbocycles. The number of allylic oxidation sites excluding steroid dienone is 12. The number of carbonyl (C=O) groups excluding carboxylic acids is 3. The summed E-state index contributed by atoms with van der Waals surface area (Å²) in [5.74, 6) is -0.941. The molecule has 0 aliphatic heterocycles. The lowest BCUT2D eigenvalue weighted by molar-refractivity contribution is -0.167. The smallest absolute Gasteiger partial charge is 0.306 e.